The number of ether oxygens (including phenoxy) is 1. The van der Waals surface area contributed by atoms with Crippen molar-refractivity contribution in [1.29, 1.82) is 0 Å². The molecule has 2 rings (SSSR count). The van der Waals surface area contributed by atoms with Crippen molar-refractivity contribution in [2.75, 3.05) is 6.54 Å². The fraction of sp³-hybridized carbons (Fsp3) is 0.286. The van der Waals surface area contributed by atoms with Crippen molar-refractivity contribution in [2.45, 2.75) is 6.10 Å². The average molecular weight is 232 g/mol. The fourth-order valence-corrected chi connectivity index (χ4v) is 1.36. The zero-order chi connectivity index (χ0) is 8.55. The summed E-state index contributed by atoms with van der Waals surface area (Å²) >= 11 is 3.24. The summed E-state index contributed by atoms with van der Waals surface area (Å²) in [6, 6.07) is 1.78. The minimum Gasteiger partial charge on any atom is -0.464 e. The van der Waals surface area contributed by atoms with Crippen LogP contribution in [0.25, 0.3) is 0 Å². The first kappa shape index (κ1) is 7.67. The number of carbonyl (C=O) groups excluding carboxylic acids is 1. The van der Waals surface area contributed by atoms with Gasteiger partial charge in [-0.3, -0.25) is 0 Å². The van der Waals surface area contributed by atoms with Gasteiger partial charge in [0.1, 0.15) is 12.0 Å². The van der Waals surface area contributed by atoms with Crippen molar-refractivity contribution in [3.63, 3.8) is 0 Å². The van der Waals surface area contributed by atoms with Crippen LogP contribution in [0.15, 0.2) is 21.2 Å². The molecule has 5 heteroatoms. The van der Waals surface area contributed by atoms with E-state index in [1.165, 1.54) is 0 Å². The highest BCUT2D eigenvalue weighted by Gasteiger charge is 2.26. The van der Waals surface area contributed by atoms with Crippen molar-refractivity contribution < 1.29 is 13.9 Å². The summed E-state index contributed by atoms with van der Waals surface area (Å²) in [5, 5.41) is 2.54. The third kappa shape index (κ3) is 1.32. The largest absolute Gasteiger partial charge is 0.464 e. The number of hydrogen-bond acceptors (Lipinski definition) is 3. The summed E-state index contributed by atoms with van der Waals surface area (Å²) in [4.78, 5) is 10.6. The second-order valence-electron chi connectivity index (χ2n) is 2.44. The summed E-state index contributed by atoms with van der Waals surface area (Å²) in [6.45, 7) is 0.471. The van der Waals surface area contributed by atoms with E-state index in [1.54, 1.807) is 12.3 Å². The second-order valence-corrected chi connectivity index (χ2v) is 3.36. The number of nitrogens with one attached hydrogen (secondary N) is 1. The Balaban J connectivity index is 2.15. The molecule has 1 fully saturated rings. The summed E-state index contributed by atoms with van der Waals surface area (Å²) < 4.78 is 10.9. The van der Waals surface area contributed by atoms with Gasteiger partial charge in [-0.2, -0.15) is 0 Å². The van der Waals surface area contributed by atoms with Gasteiger partial charge in [0, 0.05) is 0 Å². The van der Waals surface area contributed by atoms with Crippen LogP contribution in [-0.2, 0) is 4.74 Å². The van der Waals surface area contributed by atoms with Crippen LogP contribution >= 0.6 is 15.9 Å². The van der Waals surface area contributed by atoms with Crippen molar-refractivity contribution in [2.24, 2.45) is 0 Å². The fourth-order valence-electron chi connectivity index (χ4n) is 1.04. The molecular weight excluding hydrogens is 226 g/mol. The standard InChI is InChI=1S/C7H6BrNO3/c8-4-1-5(11-3-4)6-2-9-7(10)12-6/h1,3,6H,2H2,(H,9,10). The molecule has 1 aliphatic rings. The van der Waals surface area contributed by atoms with Crippen LogP contribution in [0.2, 0.25) is 0 Å². The Morgan fingerprint density at radius 1 is 1.67 bits per heavy atom. The average Bonchev–Trinajstić information content (AvgIpc) is 2.58. The predicted octanol–water partition coefficient (Wildman–Crippen LogP) is 1.82. The topological polar surface area (TPSA) is 51.5 Å². The molecule has 0 aromatic carbocycles. The van der Waals surface area contributed by atoms with Crippen LogP contribution in [-0.4, -0.2) is 12.6 Å². The third-order valence-corrected chi connectivity index (χ3v) is 2.00. The monoisotopic (exact) mass is 231 g/mol. The predicted molar refractivity (Wildman–Crippen MR) is 43.6 cm³/mol. The van der Waals surface area contributed by atoms with Gasteiger partial charge in [0.25, 0.3) is 0 Å². The van der Waals surface area contributed by atoms with Crippen LogP contribution < -0.4 is 5.32 Å². The molecule has 0 aliphatic carbocycles. The lowest BCUT2D eigenvalue weighted by atomic mass is 10.3. The smallest absolute Gasteiger partial charge is 0.408 e. The molecule has 4 nitrogen and oxygen atoms in total. The third-order valence-electron chi connectivity index (χ3n) is 1.59. The van der Waals surface area contributed by atoms with Gasteiger partial charge in [-0.1, -0.05) is 0 Å². The van der Waals surface area contributed by atoms with E-state index in [-0.39, 0.29) is 6.10 Å². The van der Waals surface area contributed by atoms with E-state index in [2.05, 4.69) is 21.2 Å². The maximum atomic E-state index is 10.6. The number of rotatable bonds is 1. The molecule has 0 saturated carbocycles. The van der Waals surface area contributed by atoms with Crippen molar-refractivity contribution in [3.8, 4) is 0 Å². The maximum absolute atomic E-state index is 10.6. The number of cyclic esters (lactones) is 1. The Morgan fingerprint density at radius 2 is 2.50 bits per heavy atom. The zero-order valence-corrected chi connectivity index (χ0v) is 7.63. The SMILES string of the molecule is O=C1NCC(c2cc(Br)co2)O1. The maximum Gasteiger partial charge on any atom is 0.408 e. The quantitative estimate of drug-likeness (QED) is 0.803. The normalized spacial score (nSPS) is 22.1. The highest BCUT2D eigenvalue weighted by molar-refractivity contribution is 9.10. The molecule has 0 radical (unpaired) electrons. The molecule has 1 N–H and O–H groups in total. The summed E-state index contributed by atoms with van der Waals surface area (Å²) in [5.74, 6) is 0.653. The van der Waals surface area contributed by atoms with E-state index >= 15 is 0 Å². The van der Waals surface area contributed by atoms with E-state index in [1.807, 2.05) is 0 Å². The van der Waals surface area contributed by atoms with Gasteiger partial charge in [0.2, 0.25) is 0 Å². The second kappa shape index (κ2) is 2.82. The van der Waals surface area contributed by atoms with Crippen molar-refractivity contribution >= 4 is 22.0 Å². The highest BCUT2D eigenvalue weighted by Crippen LogP contribution is 2.24. The number of furan rings is 1. The van der Waals surface area contributed by atoms with E-state index in [0.29, 0.717) is 12.3 Å². The van der Waals surface area contributed by atoms with Crippen molar-refractivity contribution in [1.82, 2.24) is 5.32 Å². The number of carbonyl (C=O) groups is 1. The van der Waals surface area contributed by atoms with Gasteiger partial charge in [-0.25, -0.2) is 4.79 Å². The summed E-state index contributed by atoms with van der Waals surface area (Å²) in [5.41, 5.74) is 0. The molecule has 0 spiro atoms. The van der Waals surface area contributed by atoms with Crippen LogP contribution in [0.4, 0.5) is 4.79 Å². The Hall–Kier alpha value is -0.970. The van der Waals surface area contributed by atoms with Gasteiger partial charge in [-0.15, -0.1) is 0 Å². The molecule has 2 heterocycles. The Kier molecular flexibility index (Phi) is 1.80. The lowest BCUT2D eigenvalue weighted by Crippen LogP contribution is -2.12. The molecule has 1 atom stereocenters. The van der Waals surface area contributed by atoms with E-state index < -0.39 is 6.09 Å². The minimum absolute atomic E-state index is 0.288. The minimum atomic E-state index is -0.396. The number of halogens is 1. The van der Waals surface area contributed by atoms with Crippen LogP contribution in [0.3, 0.4) is 0 Å². The molecule has 1 amide bonds. The van der Waals surface area contributed by atoms with E-state index in [9.17, 15) is 4.79 Å². The van der Waals surface area contributed by atoms with Crippen LogP contribution in [0, 0.1) is 0 Å². The number of alkyl carbamates (subject to hydrolysis) is 1. The van der Waals surface area contributed by atoms with Gasteiger partial charge < -0.3 is 14.5 Å². The molecule has 64 valence electrons. The van der Waals surface area contributed by atoms with Gasteiger partial charge >= 0.3 is 6.09 Å². The summed E-state index contributed by atoms with van der Waals surface area (Å²) in [6.07, 6.45) is 0.873. The van der Waals surface area contributed by atoms with Crippen LogP contribution in [0.1, 0.15) is 11.9 Å². The van der Waals surface area contributed by atoms with Crippen LogP contribution in [0.5, 0.6) is 0 Å². The highest BCUT2D eigenvalue weighted by atomic mass is 79.9. The molecule has 1 aliphatic heterocycles. The molecule has 1 unspecified atom stereocenters. The number of amides is 1. The molecule has 0 bridgehead atoms. The lowest BCUT2D eigenvalue weighted by molar-refractivity contribution is 0.128. The van der Waals surface area contributed by atoms with Gasteiger partial charge in [-0.05, 0) is 22.0 Å². The Bertz CT molecular complexity index is 309. The summed E-state index contributed by atoms with van der Waals surface area (Å²) in [7, 11) is 0. The first-order chi connectivity index (χ1) is 5.75. The zero-order valence-electron chi connectivity index (χ0n) is 6.04. The Labute approximate surface area is 77.0 Å². The van der Waals surface area contributed by atoms with E-state index in [4.69, 9.17) is 9.15 Å². The molecule has 1 aromatic heterocycles. The molecular formula is C7H6BrNO3. The van der Waals surface area contributed by atoms with E-state index in [0.717, 1.165) is 4.47 Å². The molecule has 12 heavy (non-hydrogen) atoms. The first-order valence-corrected chi connectivity index (χ1v) is 4.23. The van der Waals surface area contributed by atoms with Crippen molar-refractivity contribution in [3.05, 3.63) is 22.6 Å². The van der Waals surface area contributed by atoms with Gasteiger partial charge in [0.05, 0.1) is 11.0 Å². The number of hydrogen-bond donors (Lipinski definition) is 1. The first-order valence-electron chi connectivity index (χ1n) is 3.44. The molecule has 1 aromatic rings. The Morgan fingerprint density at radius 3 is 3.00 bits per heavy atom. The lowest BCUT2D eigenvalue weighted by Gasteiger charge is -2.01. The molecule has 1 saturated heterocycles. The van der Waals surface area contributed by atoms with Gasteiger partial charge in [0.15, 0.2) is 6.10 Å².